The van der Waals surface area contributed by atoms with Crippen LogP contribution in [0.3, 0.4) is 0 Å². The van der Waals surface area contributed by atoms with Gasteiger partial charge in [-0.2, -0.15) is 5.10 Å². The summed E-state index contributed by atoms with van der Waals surface area (Å²) in [4.78, 5) is 16.6. The van der Waals surface area contributed by atoms with Gasteiger partial charge in [0.25, 0.3) is 6.43 Å². The molecule has 6 nitrogen and oxygen atoms in total. The number of fused-ring (bicyclic) bond motifs is 1. The molecule has 0 bridgehead atoms. The number of benzene rings is 1. The number of halogens is 2. The molecular weight excluding hydrogens is 380 g/mol. The summed E-state index contributed by atoms with van der Waals surface area (Å²) in [6.07, 6.45) is -0.903. The Bertz CT molecular complexity index is 1060. The highest BCUT2D eigenvalue weighted by Crippen LogP contribution is 2.45. The van der Waals surface area contributed by atoms with E-state index >= 15 is 0 Å². The van der Waals surface area contributed by atoms with Crippen molar-refractivity contribution in [2.45, 2.75) is 38.7 Å². The first-order valence-electron chi connectivity index (χ1n) is 9.51. The lowest BCUT2D eigenvalue weighted by Gasteiger charge is -2.10. The monoisotopic (exact) mass is 401 g/mol. The van der Waals surface area contributed by atoms with E-state index in [2.05, 4.69) is 10.1 Å². The molecule has 2 heterocycles. The number of alkyl halides is 2. The predicted molar refractivity (Wildman–Crippen MR) is 103 cm³/mol. The Morgan fingerprint density at radius 1 is 1.31 bits per heavy atom. The predicted octanol–water partition coefficient (Wildman–Crippen LogP) is 4.49. The smallest absolute Gasteiger partial charge is 0.327 e. The SMILES string of the molecule is CCOC(=O)Cn1nc(C2CC2)c2c(C(F)F)cc(-c3cccc(OC)c3)nc21. The fourth-order valence-corrected chi connectivity index (χ4v) is 3.41. The summed E-state index contributed by atoms with van der Waals surface area (Å²) in [7, 11) is 1.54. The number of nitrogens with zero attached hydrogens (tertiary/aromatic N) is 3. The number of methoxy groups -OCH3 is 1. The average Bonchev–Trinajstić information content (AvgIpc) is 3.50. The molecule has 3 aromatic rings. The van der Waals surface area contributed by atoms with E-state index in [0.29, 0.717) is 28.1 Å². The highest BCUT2D eigenvalue weighted by atomic mass is 19.3. The van der Waals surface area contributed by atoms with Gasteiger partial charge in [-0.3, -0.25) is 4.79 Å². The molecule has 29 heavy (non-hydrogen) atoms. The topological polar surface area (TPSA) is 66.2 Å². The third-order valence-corrected chi connectivity index (χ3v) is 4.91. The standard InChI is InChI=1S/C21H21F2N3O3/c1-3-29-17(27)11-26-21-18(19(25-26)12-7-8-12)15(20(22)23)10-16(24-21)13-5-4-6-14(9-13)28-2/h4-6,9-10,12,20H,3,7-8,11H2,1-2H3. The third kappa shape index (κ3) is 3.79. The van der Waals surface area contributed by atoms with Crippen LogP contribution in [-0.2, 0) is 16.1 Å². The van der Waals surface area contributed by atoms with Crippen molar-refractivity contribution in [2.24, 2.45) is 0 Å². The second kappa shape index (κ2) is 7.77. The Morgan fingerprint density at radius 2 is 2.10 bits per heavy atom. The molecule has 1 aromatic carbocycles. The Kier molecular flexibility index (Phi) is 5.17. The largest absolute Gasteiger partial charge is 0.497 e. The first-order chi connectivity index (χ1) is 14.0. The highest BCUT2D eigenvalue weighted by molar-refractivity contribution is 5.87. The molecule has 2 aromatic heterocycles. The lowest BCUT2D eigenvalue weighted by atomic mass is 10.0. The zero-order valence-corrected chi connectivity index (χ0v) is 16.2. The zero-order valence-electron chi connectivity index (χ0n) is 16.2. The molecule has 0 spiro atoms. The molecule has 1 fully saturated rings. The highest BCUT2D eigenvalue weighted by Gasteiger charge is 2.33. The fourth-order valence-electron chi connectivity index (χ4n) is 3.41. The molecule has 0 unspecified atom stereocenters. The first-order valence-corrected chi connectivity index (χ1v) is 9.51. The molecule has 0 amide bonds. The number of aromatic nitrogens is 3. The van der Waals surface area contributed by atoms with Crippen LogP contribution in [0.15, 0.2) is 30.3 Å². The minimum atomic E-state index is -2.69. The Hall–Kier alpha value is -3.03. The molecule has 0 saturated heterocycles. The van der Waals surface area contributed by atoms with Gasteiger partial charge in [0.2, 0.25) is 0 Å². The molecular formula is C21H21F2N3O3. The normalized spacial score (nSPS) is 13.8. The lowest BCUT2D eigenvalue weighted by molar-refractivity contribution is -0.143. The minimum absolute atomic E-state index is 0.121. The third-order valence-electron chi connectivity index (χ3n) is 4.91. The number of carbonyl (C=O) groups excluding carboxylic acids is 1. The van der Waals surface area contributed by atoms with Crippen LogP contribution in [0, 0.1) is 0 Å². The molecule has 1 saturated carbocycles. The number of carbonyl (C=O) groups is 1. The molecule has 0 radical (unpaired) electrons. The summed E-state index contributed by atoms with van der Waals surface area (Å²) in [6, 6.07) is 8.46. The van der Waals surface area contributed by atoms with Gasteiger partial charge in [-0.25, -0.2) is 18.4 Å². The summed E-state index contributed by atoms with van der Waals surface area (Å²) in [6.45, 7) is 1.77. The van der Waals surface area contributed by atoms with E-state index in [1.165, 1.54) is 17.9 Å². The summed E-state index contributed by atoms with van der Waals surface area (Å²) >= 11 is 0. The number of hydrogen-bond donors (Lipinski definition) is 0. The van der Waals surface area contributed by atoms with E-state index in [4.69, 9.17) is 9.47 Å². The van der Waals surface area contributed by atoms with E-state index in [1.807, 2.05) is 0 Å². The zero-order chi connectivity index (χ0) is 20.5. The Labute approximate surface area is 166 Å². The van der Waals surface area contributed by atoms with Crippen LogP contribution in [0.2, 0.25) is 0 Å². The molecule has 1 aliphatic rings. The van der Waals surface area contributed by atoms with Gasteiger partial charge in [0.05, 0.1) is 30.5 Å². The summed E-state index contributed by atoms with van der Waals surface area (Å²) in [5, 5.41) is 4.83. The van der Waals surface area contributed by atoms with Crippen molar-refractivity contribution in [3.8, 4) is 17.0 Å². The number of pyridine rings is 1. The van der Waals surface area contributed by atoms with Crippen LogP contribution in [-0.4, -0.2) is 34.5 Å². The van der Waals surface area contributed by atoms with Gasteiger partial charge in [0.15, 0.2) is 5.65 Å². The van der Waals surface area contributed by atoms with Crippen LogP contribution in [0.1, 0.15) is 43.4 Å². The van der Waals surface area contributed by atoms with Crippen LogP contribution in [0.5, 0.6) is 5.75 Å². The van der Waals surface area contributed by atoms with E-state index in [9.17, 15) is 13.6 Å². The van der Waals surface area contributed by atoms with Gasteiger partial charge in [-0.15, -0.1) is 0 Å². The second-order valence-electron chi connectivity index (χ2n) is 6.95. The maximum atomic E-state index is 14.0. The number of esters is 1. The Morgan fingerprint density at radius 3 is 2.76 bits per heavy atom. The minimum Gasteiger partial charge on any atom is -0.497 e. The van der Waals surface area contributed by atoms with Crippen LogP contribution < -0.4 is 4.74 Å². The van der Waals surface area contributed by atoms with Crippen molar-refractivity contribution in [1.82, 2.24) is 14.8 Å². The summed E-state index contributed by atoms with van der Waals surface area (Å²) < 4.78 is 39.7. The quantitative estimate of drug-likeness (QED) is 0.546. The molecule has 0 N–H and O–H groups in total. The molecule has 152 valence electrons. The van der Waals surface area contributed by atoms with E-state index in [1.54, 1.807) is 31.2 Å². The van der Waals surface area contributed by atoms with Crippen molar-refractivity contribution in [3.63, 3.8) is 0 Å². The molecule has 4 rings (SSSR count). The number of rotatable bonds is 7. The Balaban J connectivity index is 1.91. The maximum Gasteiger partial charge on any atom is 0.327 e. The van der Waals surface area contributed by atoms with Crippen LogP contribution in [0.4, 0.5) is 8.78 Å². The molecule has 0 aliphatic heterocycles. The van der Waals surface area contributed by atoms with Crippen molar-refractivity contribution in [3.05, 3.63) is 41.6 Å². The van der Waals surface area contributed by atoms with Crippen molar-refractivity contribution < 1.29 is 23.0 Å². The van der Waals surface area contributed by atoms with Gasteiger partial charge in [0, 0.05) is 17.0 Å². The van der Waals surface area contributed by atoms with Crippen molar-refractivity contribution >= 4 is 17.0 Å². The van der Waals surface area contributed by atoms with E-state index in [0.717, 1.165) is 12.8 Å². The lowest BCUT2D eigenvalue weighted by Crippen LogP contribution is -2.15. The van der Waals surface area contributed by atoms with Gasteiger partial charge >= 0.3 is 5.97 Å². The van der Waals surface area contributed by atoms with Crippen LogP contribution in [0.25, 0.3) is 22.3 Å². The molecule has 0 atom stereocenters. The van der Waals surface area contributed by atoms with E-state index < -0.39 is 12.4 Å². The summed E-state index contributed by atoms with van der Waals surface area (Å²) in [5.74, 6) is 0.246. The number of ether oxygens (including phenoxy) is 2. The second-order valence-corrected chi connectivity index (χ2v) is 6.95. The van der Waals surface area contributed by atoms with Gasteiger partial charge in [-0.05, 0) is 38.0 Å². The van der Waals surface area contributed by atoms with E-state index in [-0.39, 0.29) is 30.3 Å². The maximum absolute atomic E-state index is 14.0. The van der Waals surface area contributed by atoms with Gasteiger partial charge < -0.3 is 9.47 Å². The molecule has 1 aliphatic carbocycles. The van der Waals surface area contributed by atoms with Crippen LogP contribution >= 0.6 is 0 Å². The first kappa shape index (κ1) is 19.3. The van der Waals surface area contributed by atoms with Gasteiger partial charge in [0.1, 0.15) is 12.3 Å². The summed E-state index contributed by atoms with van der Waals surface area (Å²) in [5.41, 5.74) is 1.76. The fraction of sp³-hybridized carbons (Fsp3) is 0.381. The number of hydrogen-bond acceptors (Lipinski definition) is 5. The van der Waals surface area contributed by atoms with Gasteiger partial charge in [-0.1, -0.05) is 12.1 Å². The van der Waals surface area contributed by atoms with Crippen molar-refractivity contribution in [1.29, 1.82) is 0 Å². The van der Waals surface area contributed by atoms with Crippen molar-refractivity contribution in [2.75, 3.05) is 13.7 Å². The average molecular weight is 401 g/mol. The molecule has 8 heteroatoms.